The molecule has 32 heavy (non-hydrogen) atoms. The average Bonchev–Trinajstić information content (AvgIpc) is 2.79. The summed E-state index contributed by atoms with van der Waals surface area (Å²) in [7, 11) is 1.59. The van der Waals surface area contributed by atoms with Gasteiger partial charge >= 0.3 is 0 Å². The van der Waals surface area contributed by atoms with Gasteiger partial charge in [0.2, 0.25) is 5.91 Å². The van der Waals surface area contributed by atoms with E-state index in [9.17, 15) is 14.4 Å². The number of hydrogen-bond acceptors (Lipinski definition) is 6. The van der Waals surface area contributed by atoms with Crippen molar-refractivity contribution in [3.63, 3.8) is 0 Å². The van der Waals surface area contributed by atoms with Gasteiger partial charge in [-0.05, 0) is 54.6 Å². The van der Waals surface area contributed by atoms with E-state index in [-0.39, 0.29) is 37.1 Å². The van der Waals surface area contributed by atoms with Crippen LogP contribution >= 0.6 is 0 Å². The lowest BCUT2D eigenvalue weighted by Crippen LogP contribution is -2.34. The molecule has 0 spiro atoms. The second kappa shape index (κ2) is 10.8. The summed E-state index contributed by atoms with van der Waals surface area (Å²) in [5.74, 6) is 0.742. The van der Waals surface area contributed by atoms with Crippen LogP contribution < -0.4 is 25.7 Å². The van der Waals surface area contributed by atoms with Gasteiger partial charge in [0.1, 0.15) is 11.5 Å². The number of ether oxygens (including phenoxy) is 2. The summed E-state index contributed by atoms with van der Waals surface area (Å²) < 4.78 is 11.9. The Kier molecular flexibility index (Phi) is 7.58. The van der Waals surface area contributed by atoms with Crippen LogP contribution in [0.25, 0.3) is 11.3 Å². The summed E-state index contributed by atoms with van der Waals surface area (Å²) in [6.45, 7) is 1.70. The van der Waals surface area contributed by atoms with Crippen LogP contribution in [0.4, 0.5) is 5.69 Å². The van der Waals surface area contributed by atoms with Crippen LogP contribution in [0.2, 0.25) is 0 Å². The van der Waals surface area contributed by atoms with Crippen molar-refractivity contribution >= 4 is 17.5 Å². The lowest BCUT2D eigenvalue weighted by molar-refractivity contribution is -0.123. The van der Waals surface area contributed by atoms with Crippen LogP contribution in [0, 0.1) is 0 Å². The van der Waals surface area contributed by atoms with Crippen molar-refractivity contribution in [3.05, 3.63) is 71.0 Å². The second-order valence-corrected chi connectivity index (χ2v) is 6.85. The van der Waals surface area contributed by atoms with Gasteiger partial charge in [0, 0.05) is 30.8 Å². The third kappa shape index (κ3) is 6.43. The molecule has 0 aliphatic heterocycles. The molecular formula is C23H24N4O5. The number of nitrogens with one attached hydrogen (secondary N) is 2. The maximum atomic E-state index is 12.1. The number of carbonyl (C=O) groups is 2. The quantitative estimate of drug-likeness (QED) is 0.531. The fourth-order valence-corrected chi connectivity index (χ4v) is 2.86. The van der Waals surface area contributed by atoms with E-state index in [0.717, 1.165) is 11.3 Å². The van der Waals surface area contributed by atoms with E-state index in [1.165, 1.54) is 17.7 Å². The minimum atomic E-state index is -0.324. The zero-order chi connectivity index (χ0) is 22.9. The number of nitrogens with zero attached hydrogens (tertiary/aromatic N) is 2. The highest BCUT2D eigenvalue weighted by Crippen LogP contribution is 2.19. The first-order valence-electron chi connectivity index (χ1n) is 9.94. The molecule has 0 saturated heterocycles. The topological polar surface area (TPSA) is 112 Å². The van der Waals surface area contributed by atoms with Crippen LogP contribution in [0.5, 0.6) is 11.5 Å². The molecule has 9 heteroatoms. The molecule has 0 radical (unpaired) electrons. The van der Waals surface area contributed by atoms with Gasteiger partial charge in [-0.15, -0.1) is 0 Å². The van der Waals surface area contributed by atoms with Gasteiger partial charge in [-0.25, -0.2) is 4.68 Å². The molecule has 3 aromatic rings. The van der Waals surface area contributed by atoms with E-state index in [4.69, 9.17) is 9.47 Å². The molecule has 0 unspecified atom stereocenters. The molecule has 1 heterocycles. The molecule has 2 amide bonds. The highest BCUT2D eigenvalue weighted by Gasteiger charge is 2.06. The van der Waals surface area contributed by atoms with E-state index >= 15 is 0 Å². The Labute approximate surface area is 185 Å². The summed E-state index contributed by atoms with van der Waals surface area (Å²) in [5.41, 5.74) is 1.88. The molecule has 2 N–H and O–H groups in total. The zero-order valence-electron chi connectivity index (χ0n) is 17.8. The smallest absolute Gasteiger partial charge is 0.266 e. The minimum Gasteiger partial charge on any atom is -0.497 e. The standard InChI is InChI=1S/C23H24N4O5/c1-16(28)25-18-5-9-20(10-6-18)32-15-22(29)24-13-14-27-23(30)12-11-21(26-27)17-3-7-19(31-2)8-4-17/h3-12H,13-15H2,1-2H3,(H,24,29)(H,25,28). The first kappa shape index (κ1) is 22.5. The molecule has 0 aliphatic carbocycles. The number of methoxy groups -OCH3 is 1. The molecule has 166 valence electrons. The van der Waals surface area contributed by atoms with Gasteiger partial charge in [-0.1, -0.05) is 0 Å². The third-order valence-electron chi connectivity index (χ3n) is 4.44. The third-order valence-corrected chi connectivity index (χ3v) is 4.44. The largest absolute Gasteiger partial charge is 0.497 e. The summed E-state index contributed by atoms with van der Waals surface area (Å²) in [6, 6.07) is 17.1. The monoisotopic (exact) mass is 436 g/mol. The molecule has 0 aliphatic rings. The van der Waals surface area contributed by atoms with E-state index in [1.54, 1.807) is 37.4 Å². The van der Waals surface area contributed by atoms with Gasteiger partial charge in [0.05, 0.1) is 19.3 Å². The summed E-state index contributed by atoms with van der Waals surface area (Å²) in [4.78, 5) is 35.2. The van der Waals surface area contributed by atoms with Crippen molar-refractivity contribution < 1.29 is 19.1 Å². The summed E-state index contributed by atoms with van der Waals surface area (Å²) in [5, 5.41) is 9.72. The normalized spacial score (nSPS) is 10.3. The molecule has 3 rings (SSSR count). The van der Waals surface area contributed by atoms with Gasteiger partial charge in [-0.3, -0.25) is 14.4 Å². The Bertz CT molecular complexity index is 1120. The molecule has 2 aromatic carbocycles. The second-order valence-electron chi connectivity index (χ2n) is 6.85. The van der Waals surface area contributed by atoms with E-state index in [1.807, 2.05) is 24.3 Å². The molecule has 9 nitrogen and oxygen atoms in total. The van der Waals surface area contributed by atoms with E-state index in [2.05, 4.69) is 15.7 Å². The molecule has 0 atom stereocenters. The Hall–Kier alpha value is -4.14. The van der Waals surface area contributed by atoms with Crippen molar-refractivity contribution in [2.24, 2.45) is 0 Å². The molecule has 0 fully saturated rings. The number of aromatic nitrogens is 2. The van der Waals surface area contributed by atoms with Crippen molar-refractivity contribution in [1.29, 1.82) is 0 Å². The number of hydrogen-bond donors (Lipinski definition) is 2. The molecule has 0 saturated carbocycles. The van der Waals surface area contributed by atoms with Crippen molar-refractivity contribution in [1.82, 2.24) is 15.1 Å². The average molecular weight is 436 g/mol. The highest BCUT2D eigenvalue weighted by atomic mass is 16.5. The van der Waals surface area contributed by atoms with E-state index < -0.39 is 0 Å². The maximum absolute atomic E-state index is 12.1. The predicted octanol–water partition coefficient (Wildman–Crippen LogP) is 2.07. The minimum absolute atomic E-state index is 0.166. The molecular weight excluding hydrogens is 412 g/mol. The SMILES string of the molecule is COc1ccc(-c2ccc(=O)n(CCNC(=O)COc3ccc(NC(C)=O)cc3)n2)cc1. The van der Waals surface area contributed by atoms with E-state index in [0.29, 0.717) is 17.1 Å². The van der Waals surface area contributed by atoms with Crippen LogP contribution in [0.3, 0.4) is 0 Å². The predicted molar refractivity (Wildman–Crippen MR) is 120 cm³/mol. The van der Waals surface area contributed by atoms with Gasteiger partial charge < -0.3 is 20.1 Å². The van der Waals surface area contributed by atoms with Crippen LogP contribution in [0.1, 0.15) is 6.92 Å². The lowest BCUT2D eigenvalue weighted by Gasteiger charge is -2.10. The number of carbonyl (C=O) groups excluding carboxylic acids is 2. The Balaban J connectivity index is 1.49. The van der Waals surface area contributed by atoms with Crippen LogP contribution in [0.15, 0.2) is 65.5 Å². The number of benzene rings is 2. The number of rotatable bonds is 9. The molecule has 0 bridgehead atoms. The highest BCUT2D eigenvalue weighted by molar-refractivity contribution is 5.88. The summed E-state index contributed by atoms with van der Waals surface area (Å²) >= 11 is 0. The van der Waals surface area contributed by atoms with Gasteiger partial charge in [0.25, 0.3) is 11.5 Å². The maximum Gasteiger partial charge on any atom is 0.266 e. The summed E-state index contributed by atoms with van der Waals surface area (Å²) in [6.07, 6.45) is 0. The Morgan fingerprint density at radius 1 is 0.969 bits per heavy atom. The molecule has 1 aromatic heterocycles. The fourth-order valence-electron chi connectivity index (χ4n) is 2.86. The lowest BCUT2D eigenvalue weighted by atomic mass is 10.1. The number of anilines is 1. The zero-order valence-corrected chi connectivity index (χ0v) is 17.8. The first-order chi connectivity index (χ1) is 15.4. The van der Waals surface area contributed by atoms with Crippen molar-refractivity contribution in [2.75, 3.05) is 25.6 Å². The van der Waals surface area contributed by atoms with Gasteiger partial charge in [0.15, 0.2) is 6.61 Å². The van der Waals surface area contributed by atoms with Gasteiger partial charge in [-0.2, -0.15) is 5.10 Å². The van der Waals surface area contributed by atoms with Crippen molar-refractivity contribution in [2.45, 2.75) is 13.5 Å². The Morgan fingerprint density at radius 2 is 1.66 bits per heavy atom. The van der Waals surface area contributed by atoms with Crippen LogP contribution in [-0.4, -0.2) is 41.9 Å². The first-order valence-corrected chi connectivity index (χ1v) is 9.94. The fraction of sp³-hybridized carbons (Fsp3) is 0.217. The van der Waals surface area contributed by atoms with Crippen LogP contribution in [-0.2, 0) is 16.1 Å². The van der Waals surface area contributed by atoms with Crippen molar-refractivity contribution in [3.8, 4) is 22.8 Å². The Morgan fingerprint density at radius 3 is 2.31 bits per heavy atom. The number of amides is 2.